The Morgan fingerprint density at radius 1 is 1.43 bits per heavy atom. The van der Waals surface area contributed by atoms with E-state index in [-0.39, 0.29) is 17.2 Å². The second-order valence-corrected chi connectivity index (χ2v) is 5.13. The molecule has 0 fully saturated rings. The molecule has 0 saturated carbocycles. The molecule has 2 aromatic rings. The van der Waals surface area contributed by atoms with Crippen LogP contribution in [0.4, 0.5) is 17.2 Å². The van der Waals surface area contributed by atoms with Crippen molar-refractivity contribution in [3.05, 3.63) is 56.2 Å². The zero-order chi connectivity index (χ0) is 15.6. The van der Waals surface area contributed by atoms with Gasteiger partial charge in [-0.25, -0.2) is 4.98 Å². The monoisotopic (exact) mass is 350 g/mol. The van der Waals surface area contributed by atoms with Gasteiger partial charge < -0.3 is 11.1 Å². The highest BCUT2D eigenvalue weighted by atomic mass is 79.9. The van der Waals surface area contributed by atoms with Crippen molar-refractivity contribution >= 4 is 39.0 Å². The molecule has 0 unspecified atom stereocenters. The fourth-order valence-corrected chi connectivity index (χ4v) is 2.28. The van der Waals surface area contributed by atoms with Gasteiger partial charge in [-0.15, -0.1) is 0 Å². The molecule has 3 N–H and O–H groups in total. The van der Waals surface area contributed by atoms with Gasteiger partial charge in [0.1, 0.15) is 11.5 Å². The van der Waals surface area contributed by atoms with E-state index in [0.29, 0.717) is 15.7 Å². The maximum absolute atomic E-state index is 12.1. The van der Waals surface area contributed by atoms with Crippen LogP contribution < -0.4 is 11.1 Å². The summed E-state index contributed by atoms with van der Waals surface area (Å²) in [5.74, 6) is -0.280. The number of halogens is 1. The molecule has 2 rings (SSSR count). The first kappa shape index (κ1) is 14.9. The molecule has 0 aliphatic carbocycles. The zero-order valence-electron chi connectivity index (χ0n) is 11.0. The molecule has 8 heteroatoms. The van der Waals surface area contributed by atoms with Crippen LogP contribution in [0.3, 0.4) is 0 Å². The summed E-state index contributed by atoms with van der Waals surface area (Å²) in [6.07, 6.45) is 0. The lowest BCUT2D eigenvalue weighted by molar-refractivity contribution is -0.385. The minimum absolute atomic E-state index is 0.0750. The fraction of sp³-hybridized carbons (Fsp3) is 0.0769. The zero-order valence-corrected chi connectivity index (χ0v) is 12.5. The summed E-state index contributed by atoms with van der Waals surface area (Å²) in [5, 5.41) is 13.5. The highest BCUT2D eigenvalue weighted by Crippen LogP contribution is 2.30. The number of nitrogens with two attached hydrogens (primary N) is 1. The Bertz CT molecular complexity index is 733. The van der Waals surface area contributed by atoms with Crippen molar-refractivity contribution in [3.63, 3.8) is 0 Å². The van der Waals surface area contributed by atoms with Crippen LogP contribution in [0.2, 0.25) is 0 Å². The van der Waals surface area contributed by atoms with Crippen LogP contribution in [0.25, 0.3) is 0 Å². The van der Waals surface area contributed by atoms with Crippen molar-refractivity contribution in [3.8, 4) is 0 Å². The third kappa shape index (κ3) is 3.34. The summed E-state index contributed by atoms with van der Waals surface area (Å²) in [4.78, 5) is 26.4. The summed E-state index contributed by atoms with van der Waals surface area (Å²) in [7, 11) is 0. The number of anilines is 2. The van der Waals surface area contributed by atoms with E-state index in [4.69, 9.17) is 5.73 Å². The summed E-state index contributed by atoms with van der Waals surface area (Å²) in [6, 6.07) is 7.53. The van der Waals surface area contributed by atoms with Crippen LogP contribution in [0.5, 0.6) is 0 Å². The number of benzene rings is 1. The molecule has 0 aliphatic heterocycles. The van der Waals surface area contributed by atoms with E-state index >= 15 is 0 Å². The van der Waals surface area contributed by atoms with Crippen molar-refractivity contribution in [1.29, 1.82) is 0 Å². The average molecular weight is 351 g/mol. The van der Waals surface area contributed by atoms with E-state index in [2.05, 4.69) is 26.2 Å². The van der Waals surface area contributed by atoms with Crippen LogP contribution in [0, 0.1) is 17.0 Å². The van der Waals surface area contributed by atoms with E-state index in [9.17, 15) is 14.9 Å². The van der Waals surface area contributed by atoms with Crippen molar-refractivity contribution in [2.75, 3.05) is 11.1 Å². The Labute approximate surface area is 128 Å². The summed E-state index contributed by atoms with van der Waals surface area (Å²) in [5.41, 5.74) is 6.35. The lowest BCUT2D eigenvalue weighted by Crippen LogP contribution is -2.15. The molecular weight excluding hydrogens is 340 g/mol. The average Bonchev–Trinajstić information content (AvgIpc) is 2.41. The molecule has 0 aliphatic rings. The second-order valence-electron chi connectivity index (χ2n) is 4.28. The van der Waals surface area contributed by atoms with Crippen LogP contribution in [0.1, 0.15) is 16.1 Å². The van der Waals surface area contributed by atoms with E-state index in [1.54, 1.807) is 25.1 Å². The maximum Gasteiger partial charge on any atom is 0.274 e. The number of nitrogens with zero attached hydrogens (tertiary/aromatic N) is 2. The first-order valence-corrected chi connectivity index (χ1v) is 6.66. The van der Waals surface area contributed by atoms with Gasteiger partial charge in [-0.2, -0.15) is 0 Å². The number of hydrogen-bond acceptors (Lipinski definition) is 5. The van der Waals surface area contributed by atoms with Gasteiger partial charge in [0.25, 0.3) is 11.6 Å². The third-order valence-electron chi connectivity index (χ3n) is 2.73. The Kier molecular flexibility index (Phi) is 4.18. The van der Waals surface area contributed by atoms with Gasteiger partial charge in [0, 0.05) is 16.1 Å². The number of carbonyl (C=O) groups excluding carboxylic acids is 1. The number of carbonyl (C=O) groups is 1. The number of rotatable bonds is 3. The van der Waals surface area contributed by atoms with Crippen molar-refractivity contribution in [2.24, 2.45) is 0 Å². The number of amides is 1. The molecular formula is C13H11BrN4O3. The van der Waals surface area contributed by atoms with Gasteiger partial charge in [0.2, 0.25) is 0 Å². The third-order valence-corrected chi connectivity index (χ3v) is 3.39. The first-order chi connectivity index (χ1) is 9.88. The van der Waals surface area contributed by atoms with E-state index < -0.39 is 10.8 Å². The molecule has 7 nitrogen and oxygen atoms in total. The van der Waals surface area contributed by atoms with Gasteiger partial charge in [-0.05, 0) is 41.1 Å². The maximum atomic E-state index is 12.1. The molecule has 0 radical (unpaired) electrons. The van der Waals surface area contributed by atoms with Crippen LogP contribution in [0.15, 0.2) is 34.8 Å². The predicted molar refractivity (Wildman–Crippen MR) is 82.1 cm³/mol. The molecule has 1 aromatic heterocycles. The SMILES string of the molecule is Cc1cc(Br)c(NC(=O)c2cccc(N)n2)cc1[N+](=O)[O-]. The Morgan fingerprint density at radius 3 is 2.76 bits per heavy atom. The topological polar surface area (TPSA) is 111 Å². The fourth-order valence-electron chi connectivity index (χ4n) is 1.72. The largest absolute Gasteiger partial charge is 0.384 e. The summed E-state index contributed by atoms with van der Waals surface area (Å²) >= 11 is 3.26. The molecule has 21 heavy (non-hydrogen) atoms. The smallest absolute Gasteiger partial charge is 0.274 e. The number of pyridine rings is 1. The Hall–Kier alpha value is -2.48. The van der Waals surface area contributed by atoms with Crippen molar-refractivity contribution in [2.45, 2.75) is 6.92 Å². The van der Waals surface area contributed by atoms with Crippen molar-refractivity contribution < 1.29 is 9.72 Å². The number of nitro groups is 1. The van der Waals surface area contributed by atoms with Gasteiger partial charge >= 0.3 is 0 Å². The number of nitrogens with one attached hydrogen (secondary N) is 1. The van der Waals surface area contributed by atoms with E-state index in [1.165, 1.54) is 12.1 Å². The minimum atomic E-state index is -0.504. The molecule has 1 aromatic carbocycles. The molecule has 0 spiro atoms. The second kappa shape index (κ2) is 5.88. The number of nitrogen functional groups attached to an aromatic ring is 1. The summed E-state index contributed by atoms with van der Waals surface area (Å²) in [6.45, 7) is 1.62. The number of nitro benzene ring substituents is 1. The standard InChI is InChI=1S/C13H11BrN4O3/c1-7-5-8(14)10(6-11(7)18(20)21)17-13(19)9-3-2-4-12(15)16-9/h2-6H,1H3,(H2,15,16)(H,17,19). The summed E-state index contributed by atoms with van der Waals surface area (Å²) < 4.78 is 0.544. The van der Waals surface area contributed by atoms with Crippen molar-refractivity contribution in [1.82, 2.24) is 4.98 Å². The van der Waals surface area contributed by atoms with Crippen LogP contribution >= 0.6 is 15.9 Å². The predicted octanol–water partition coefficient (Wildman–Crippen LogP) is 2.90. The highest BCUT2D eigenvalue weighted by Gasteiger charge is 2.17. The first-order valence-electron chi connectivity index (χ1n) is 5.87. The molecule has 0 atom stereocenters. The Balaban J connectivity index is 2.33. The molecule has 1 amide bonds. The number of aryl methyl sites for hydroxylation is 1. The van der Waals surface area contributed by atoms with Gasteiger partial charge in [-0.3, -0.25) is 14.9 Å². The van der Waals surface area contributed by atoms with Gasteiger partial charge in [0.15, 0.2) is 0 Å². The number of hydrogen-bond donors (Lipinski definition) is 2. The van der Waals surface area contributed by atoms with Gasteiger partial charge in [-0.1, -0.05) is 6.07 Å². The molecule has 0 saturated heterocycles. The van der Waals surface area contributed by atoms with Crippen LogP contribution in [-0.2, 0) is 0 Å². The quantitative estimate of drug-likeness (QED) is 0.652. The number of aromatic nitrogens is 1. The Morgan fingerprint density at radius 2 is 2.14 bits per heavy atom. The van der Waals surface area contributed by atoms with E-state index in [0.717, 1.165) is 0 Å². The molecule has 108 valence electrons. The van der Waals surface area contributed by atoms with Crippen LogP contribution in [-0.4, -0.2) is 15.8 Å². The highest BCUT2D eigenvalue weighted by molar-refractivity contribution is 9.10. The van der Waals surface area contributed by atoms with Gasteiger partial charge in [0.05, 0.1) is 10.6 Å². The molecule has 0 bridgehead atoms. The lowest BCUT2D eigenvalue weighted by atomic mass is 10.2. The van der Waals surface area contributed by atoms with E-state index in [1.807, 2.05) is 0 Å². The minimum Gasteiger partial charge on any atom is -0.384 e. The molecule has 1 heterocycles. The lowest BCUT2D eigenvalue weighted by Gasteiger charge is -2.08. The normalized spacial score (nSPS) is 10.2.